The quantitative estimate of drug-likeness (QED) is 0.298. The SMILES string of the molecule is COC(=O)c1ccc(C2OC2CC[C@@H](NC(=O)OCc2ccccc2)[C@H](C)c2ccccc2)cc1. The Kier molecular flexibility index (Phi) is 8.16. The normalized spacial score (nSPS) is 18.2. The first-order valence-corrected chi connectivity index (χ1v) is 11.9. The van der Waals surface area contributed by atoms with Crippen LogP contribution in [0.15, 0.2) is 84.9 Å². The molecule has 4 rings (SSSR count). The molecule has 6 nitrogen and oxygen atoms in total. The Labute approximate surface area is 206 Å². The summed E-state index contributed by atoms with van der Waals surface area (Å²) < 4.78 is 16.2. The minimum Gasteiger partial charge on any atom is -0.465 e. The number of hydrogen-bond acceptors (Lipinski definition) is 5. The second-order valence-electron chi connectivity index (χ2n) is 8.80. The molecule has 3 aromatic rings. The van der Waals surface area contributed by atoms with Crippen molar-refractivity contribution in [1.82, 2.24) is 5.32 Å². The molecule has 4 atom stereocenters. The predicted molar refractivity (Wildman–Crippen MR) is 133 cm³/mol. The third-order valence-corrected chi connectivity index (χ3v) is 6.45. The molecule has 182 valence electrons. The molecule has 1 aliphatic rings. The molecule has 1 heterocycles. The molecule has 0 spiro atoms. The van der Waals surface area contributed by atoms with Crippen LogP contribution in [0.25, 0.3) is 0 Å². The maximum Gasteiger partial charge on any atom is 0.407 e. The number of benzene rings is 3. The summed E-state index contributed by atoms with van der Waals surface area (Å²) in [4.78, 5) is 24.3. The Morgan fingerprint density at radius 2 is 1.60 bits per heavy atom. The minimum atomic E-state index is -0.423. The van der Waals surface area contributed by atoms with Crippen LogP contribution in [0.4, 0.5) is 4.79 Å². The van der Waals surface area contributed by atoms with Crippen molar-refractivity contribution in [3.8, 4) is 0 Å². The summed E-state index contributed by atoms with van der Waals surface area (Å²) >= 11 is 0. The Morgan fingerprint density at radius 1 is 0.943 bits per heavy atom. The molecule has 6 heteroatoms. The number of nitrogens with one attached hydrogen (secondary N) is 1. The summed E-state index contributed by atoms with van der Waals surface area (Å²) in [6, 6.07) is 27.0. The van der Waals surface area contributed by atoms with Crippen molar-refractivity contribution in [1.29, 1.82) is 0 Å². The van der Waals surface area contributed by atoms with Crippen molar-refractivity contribution in [2.24, 2.45) is 0 Å². The van der Waals surface area contributed by atoms with Crippen molar-refractivity contribution in [2.45, 2.75) is 50.5 Å². The molecule has 0 aromatic heterocycles. The van der Waals surface area contributed by atoms with Crippen molar-refractivity contribution in [3.05, 3.63) is 107 Å². The van der Waals surface area contributed by atoms with Crippen LogP contribution in [0.1, 0.15) is 58.8 Å². The number of carbonyl (C=O) groups is 2. The number of amides is 1. The molecule has 1 saturated heterocycles. The lowest BCUT2D eigenvalue weighted by molar-refractivity contribution is 0.0600. The largest absolute Gasteiger partial charge is 0.465 e. The van der Waals surface area contributed by atoms with Crippen LogP contribution >= 0.6 is 0 Å². The molecular formula is C29H31NO5. The maximum atomic E-state index is 12.6. The van der Waals surface area contributed by atoms with E-state index in [0.29, 0.717) is 5.56 Å². The van der Waals surface area contributed by atoms with Crippen molar-refractivity contribution in [3.63, 3.8) is 0 Å². The average Bonchev–Trinajstić information content (AvgIpc) is 3.70. The molecule has 0 saturated carbocycles. The monoisotopic (exact) mass is 473 g/mol. The van der Waals surface area contributed by atoms with Crippen molar-refractivity contribution in [2.75, 3.05) is 7.11 Å². The van der Waals surface area contributed by atoms with Crippen LogP contribution in [0.2, 0.25) is 0 Å². The number of rotatable bonds is 10. The third-order valence-electron chi connectivity index (χ3n) is 6.45. The van der Waals surface area contributed by atoms with Crippen LogP contribution in [0.3, 0.4) is 0 Å². The Morgan fingerprint density at radius 3 is 2.26 bits per heavy atom. The molecular weight excluding hydrogens is 442 g/mol. The van der Waals surface area contributed by atoms with E-state index in [-0.39, 0.29) is 36.7 Å². The van der Waals surface area contributed by atoms with E-state index in [1.165, 1.54) is 7.11 Å². The molecule has 1 fully saturated rings. The van der Waals surface area contributed by atoms with Gasteiger partial charge in [-0.3, -0.25) is 0 Å². The van der Waals surface area contributed by atoms with Crippen molar-refractivity contribution >= 4 is 12.1 Å². The van der Waals surface area contributed by atoms with Gasteiger partial charge >= 0.3 is 12.1 Å². The van der Waals surface area contributed by atoms with Gasteiger partial charge in [-0.25, -0.2) is 9.59 Å². The zero-order valence-corrected chi connectivity index (χ0v) is 20.1. The molecule has 0 aliphatic carbocycles. The first-order chi connectivity index (χ1) is 17.0. The van der Waals surface area contributed by atoms with E-state index in [0.717, 1.165) is 29.5 Å². The van der Waals surface area contributed by atoms with Crippen LogP contribution in [0, 0.1) is 0 Å². The summed E-state index contributed by atoms with van der Waals surface area (Å²) in [5.74, 6) is -0.246. The van der Waals surface area contributed by atoms with Gasteiger partial charge in [0.05, 0.1) is 18.8 Å². The standard InChI is InChI=1S/C29H31NO5/c1-20(22-11-7-4-8-12-22)25(30-29(32)34-19-21-9-5-3-6-10-21)17-18-26-27(35-26)23-13-15-24(16-14-23)28(31)33-2/h3-16,20,25-27H,17-19H2,1-2H3,(H,30,32)/t20-,25-,26?,27?/m1/s1. The predicted octanol–water partition coefficient (Wildman–Crippen LogP) is 5.79. The Hall–Kier alpha value is -3.64. The molecule has 1 N–H and O–H groups in total. The van der Waals surface area contributed by atoms with Gasteiger partial charge in [-0.05, 0) is 41.7 Å². The summed E-state index contributed by atoms with van der Waals surface area (Å²) in [6.45, 7) is 2.35. The van der Waals surface area contributed by atoms with Gasteiger partial charge in [0.15, 0.2) is 0 Å². The number of ether oxygens (including phenoxy) is 3. The highest BCUT2D eigenvalue weighted by Crippen LogP contribution is 2.42. The van der Waals surface area contributed by atoms with Gasteiger partial charge in [0.2, 0.25) is 0 Å². The van der Waals surface area contributed by atoms with E-state index in [4.69, 9.17) is 14.2 Å². The second-order valence-corrected chi connectivity index (χ2v) is 8.80. The number of alkyl carbamates (subject to hydrolysis) is 1. The first kappa shape index (κ1) is 24.5. The maximum absolute atomic E-state index is 12.6. The summed E-state index contributed by atoms with van der Waals surface area (Å²) in [6.07, 6.45) is 1.20. The van der Waals surface area contributed by atoms with Gasteiger partial charge in [-0.2, -0.15) is 0 Å². The molecule has 3 aromatic carbocycles. The minimum absolute atomic E-state index is 0.000546. The number of epoxide rings is 1. The van der Waals surface area contributed by atoms with E-state index >= 15 is 0 Å². The fraction of sp³-hybridized carbons (Fsp3) is 0.310. The van der Waals surface area contributed by atoms with E-state index < -0.39 is 6.09 Å². The van der Waals surface area contributed by atoms with Gasteiger partial charge in [-0.15, -0.1) is 0 Å². The number of methoxy groups -OCH3 is 1. The number of carbonyl (C=O) groups excluding carboxylic acids is 2. The lowest BCUT2D eigenvalue weighted by atomic mass is 9.89. The van der Waals surface area contributed by atoms with E-state index in [1.807, 2.05) is 60.7 Å². The average molecular weight is 474 g/mol. The van der Waals surface area contributed by atoms with E-state index in [9.17, 15) is 9.59 Å². The zero-order valence-electron chi connectivity index (χ0n) is 20.1. The van der Waals surface area contributed by atoms with Crippen LogP contribution < -0.4 is 5.32 Å². The lowest BCUT2D eigenvalue weighted by Gasteiger charge is -2.25. The number of hydrogen-bond donors (Lipinski definition) is 1. The van der Waals surface area contributed by atoms with Crippen LogP contribution in [-0.2, 0) is 20.8 Å². The van der Waals surface area contributed by atoms with E-state index in [2.05, 4.69) is 24.4 Å². The Bertz CT molecular complexity index is 1100. The topological polar surface area (TPSA) is 77.2 Å². The van der Waals surface area contributed by atoms with Crippen LogP contribution in [-0.4, -0.2) is 31.3 Å². The molecule has 0 radical (unpaired) electrons. The molecule has 35 heavy (non-hydrogen) atoms. The Balaban J connectivity index is 1.35. The summed E-state index contributed by atoms with van der Waals surface area (Å²) in [5.41, 5.74) is 3.66. The smallest absolute Gasteiger partial charge is 0.407 e. The fourth-order valence-electron chi connectivity index (χ4n) is 4.28. The third kappa shape index (κ3) is 6.70. The van der Waals surface area contributed by atoms with Gasteiger partial charge in [0.25, 0.3) is 0 Å². The molecule has 0 bridgehead atoms. The van der Waals surface area contributed by atoms with E-state index in [1.54, 1.807) is 12.1 Å². The van der Waals surface area contributed by atoms with Gasteiger partial charge in [-0.1, -0.05) is 79.7 Å². The second kappa shape index (κ2) is 11.7. The first-order valence-electron chi connectivity index (χ1n) is 11.9. The summed E-state index contributed by atoms with van der Waals surface area (Å²) in [7, 11) is 1.37. The highest BCUT2D eigenvalue weighted by molar-refractivity contribution is 5.89. The summed E-state index contributed by atoms with van der Waals surface area (Å²) in [5, 5.41) is 3.08. The van der Waals surface area contributed by atoms with Gasteiger partial charge in [0, 0.05) is 12.0 Å². The van der Waals surface area contributed by atoms with Gasteiger partial charge < -0.3 is 19.5 Å². The fourth-order valence-corrected chi connectivity index (χ4v) is 4.28. The highest BCUT2D eigenvalue weighted by Gasteiger charge is 2.40. The lowest BCUT2D eigenvalue weighted by Crippen LogP contribution is -2.39. The molecule has 1 aliphatic heterocycles. The zero-order chi connectivity index (χ0) is 24.6. The van der Waals surface area contributed by atoms with Crippen molar-refractivity contribution < 1.29 is 23.8 Å². The van der Waals surface area contributed by atoms with Gasteiger partial charge in [0.1, 0.15) is 12.7 Å². The van der Waals surface area contributed by atoms with Crippen LogP contribution in [0.5, 0.6) is 0 Å². The highest BCUT2D eigenvalue weighted by atomic mass is 16.6. The molecule has 1 amide bonds. The molecule has 2 unspecified atom stereocenters. The number of esters is 1.